The van der Waals surface area contributed by atoms with Gasteiger partial charge in [-0.25, -0.2) is 8.42 Å². The van der Waals surface area contributed by atoms with E-state index in [-0.39, 0.29) is 12.5 Å². The smallest absolute Gasteiger partial charge is 0.244 e. The van der Waals surface area contributed by atoms with Crippen LogP contribution in [0.15, 0.2) is 48.5 Å². The van der Waals surface area contributed by atoms with Gasteiger partial charge in [-0.1, -0.05) is 62.2 Å². The van der Waals surface area contributed by atoms with Crippen LogP contribution in [0.1, 0.15) is 44.2 Å². The molecule has 0 bridgehead atoms. The van der Waals surface area contributed by atoms with E-state index in [1.54, 1.807) is 18.2 Å². The number of nitrogens with one attached hydrogen (secondary N) is 1. The van der Waals surface area contributed by atoms with E-state index in [2.05, 4.69) is 5.32 Å². The predicted octanol–water partition coefficient (Wildman–Crippen LogP) is 4.14. The molecule has 9 heteroatoms. The van der Waals surface area contributed by atoms with Crippen molar-refractivity contribution in [2.45, 2.75) is 52.6 Å². The summed E-state index contributed by atoms with van der Waals surface area (Å²) in [5.74, 6) is -0.710. The first-order chi connectivity index (χ1) is 16.1. The van der Waals surface area contributed by atoms with Gasteiger partial charge in [-0.15, -0.1) is 0 Å². The summed E-state index contributed by atoms with van der Waals surface area (Å²) in [4.78, 5) is 28.1. The fourth-order valence-corrected chi connectivity index (χ4v) is 4.67. The quantitative estimate of drug-likeness (QED) is 0.437. The Kier molecular flexibility index (Phi) is 10.4. The molecule has 2 rings (SSSR count). The van der Waals surface area contributed by atoms with E-state index >= 15 is 0 Å². The molecular weight excluding hydrogens is 474 g/mol. The Morgan fingerprint density at radius 1 is 1.09 bits per heavy atom. The topological polar surface area (TPSA) is 86.8 Å². The van der Waals surface area contributed by atoms with Crippen LogP contribution in [0.3, 0.4) is 0 Å². The molecule has 2 aromatic carbocycles. The predicted molar refractivity (Wildman–Crippen MR) is 137 cm³/mol. The summed E-state index contributed by atoms with van der Waals surface area (Å²) < 4.78 is 26.2. The van der Waals surface area contributed by atoms with Crippen molar-refractivity contribution in [2.24, 2.45) is 0 Å². The maximum atomic E-state index is 13.6. The van der Waals surface area contributed by atoms with Gasteiger partial charge in [0.1, 0.15) is 12.6 Å². The van der Waals surface area contributed by atoms with Gasteiger partial charge in [-0.2, -0.15) is 0 Å². The standard InChI is InChI=1S/C25H34ClN3O4S/c1-5-7-15-27-25(31)23(6-2)28(17-20-12-9-8-11-19(20)3)24(30)18-29(34(4,32)33)22-14-10-13-21(26)16-22/h8-14,16,23H,5-7,15,17-18H2,1-4H3,(H,27,31)/t23-/m0/s1. The lowest BCUT2D eigenvalue weighted by atomic mass is 10.1. The second kappa shape index (κ2) is 12.8. The third kappa shape index (κ3) is 7.74. The Balaban J connectivity index is 2.41. The van der Waals surface area contributed by atoms with Crippen LogP contribution in [0.4, 0.5) is 5.69 Å². The summed E-state index contributed by atoms with van der Waals surface area (Å²) in [6.45, 7) is 6.09. The average molecular weight is 508 g/mol. The molecule has 1 atom stereocenters. The van der Waals surface area contributed by atoms with E-state index < -0.39 is 28.5 Å². The Bertz CT molecular complexity index is 1090. The molecule has 0 spiro atoms. The van der Waals surface area contributed by atoms with Crippen LogP contribution in [0, 0.1) is 6.92 Å². The van der Waals surface area contributed by atoms with Crippen molar-refractivity contribution in [1.29, 1.82) is 0 Å². The SMILES string of the molecule is CCCCNC(=O)[C@H](CC)N(Cc1ccccc1C)C(=O)CN(c1cccc(Cl)c1)S(C)(=O)=O. The van der Waals surface area contributed by atoms with Crippen LogP contribution in [-0.4, -0.2) is 50.5 Å². The molecule has 0 aliphatic heterocycles. The first-order valence-electron chi connectivity index (χ1n) is 11.4. The number of halogens is 1. The van der Waals surface area contributed by atoms with Crippen molar-refractivity contribution < 1.29 is 18.0 Å². The van der Waals surface area contributed by atoms with E-state index in [1.807, 2.05) is 45.0 Å². The molecule has 34 heavy (non-hydrogen) atoms. The largest absolute Gasteiger partial charge is 0.354 e. The zero-order chi connectivity index (χ0) is 25.3. The molecule has 0 unspecified atom stereocenters. The normalized spacial score (nSPS) is 12.1. The number of unbranched alkanes of at least 4 members (excludes halogenated alkanes) is 1. The molecule has 7 nitrogen and oxygen atoms in total. The van der Waals surface area contributed by atoms with Crippen LogP contribution in [0.5, 0.6) is 0 Å². The molecule has 186 valence electrons. The first-order valence-corrected chi connectivity index (χ1v) is 13.7. The van der Waals surface area contributed by atoms with Crippen LogP contribution >= 0.6 is 11.6 Å². The van der Waals surface area contributed by atoms with E-state index in [1.165, 1.54) is 11.0 Å². The fraction of sp³-hybridized carbons (Fsp3) is 0.440. The van der Waals surface area contributed by atoms with Gasteiger partial charge in [0, 0.05) is 18.1 Å². The number of benzene rings is 2. The Hall–Kier alpha value is -2.58. The first kappa shape index (κ1) is 27.7. The minimum atomic E-state index is -3.79. The number of carbonyl (C=O) groups excluding carboxylic acids is 2. The molecule has 0 saturated heterocycles. The minimum absolute atomic E-state index is 0.193. The third-order valence-corrected chi connectivity index (χ3v) is 6.97. The van der Waals surface area contributed by atoms with Crippen molar-refractivity contribution in [3.63, 3.8) is 0 Å². The van der Waals surface area contributed by atoms with Crippen LogP contribution in [0.25, 0.3) is 0 Å². The molecule has 2 amide bonds. The number of hydrogen-bond acceptors (Lipinski definition) is 4. The summed E-state index contributed by atoms with van der Waals surface area (Å²) in [6.07, 6.45) is 3.21. The Morgan fingerprint density at radius 2 is 1.79 bits per heavy atom. The van der Waals surface area contributed by atoms with Crippen molar-refractivity contribution in [2.75, 3.05) is 23.7 Å². The number of nitrogens with zero attached hydrogens (tertiary/aromatic N) is 2. The maximum Gasteiger partial charge on any atom is 0.244 e. The van der Waals surface area contributed by atoms with E-state index in [4.69, 9.17) is 11.6 Å². The molecule has 0 aromatic heterocycles. The number of anilines is 1. The fourth-order valence-electron chi connectivity index (χ4n) is 3.64. The molecule has 0 fully saturated rings. The second-order valence-electron chi connectivity index (χ2n) is 8.27. The van der Waals surface area contributed by atoms with E-state index in [0.717, 1.165) is 34.5 Å². The Morgan fingerprint density at radius 3 is 2.38 bits per heavy atom. The highest BCUT2D eigenvalue weighted by Gasteiger charge is 2.31. The number of hydrogen-bond donors (Lipinski definition) is 1. The molecular formula is C25H34ClN3O4S. The molecule has 0 aliphatic rings. The summed E-state index contributed by atoms with van der Waals surface area (Å²) >= 11 is 6.07. The van der Waals surface area contributed by atoms with Gasteiger partial charge < -0.3 is 10.2 Å². The molecule has 2 aromatic rings. The van der Waals surface area contributed by atoms with Crippen molar-refractivity contribution in [3.8, 4) is 0 Å². The molecule has 1 N–H and O–H groups in total. The lowest BCUT2D eigenvalue weighted by Gasteiger charge is -2.33. The van der Waals surface area contributed by atoms with Gasteiger partial charge in [0.25, 0.3) is 0 Å². The molecule has 0 aliphatic carbocycles. The Labute approximate surface area is 208 Å². The van der Waals surface area contributed by atoms with Crippen LogP contribution < -0.4 is 9.62 Å². The van der Waals surface area contributed by atoms with Gasteiger partial charge in [0.05, 0.1) is 11.9 Å². The maximum absolute atomic E-state index is 13.6. The number of aryl methyl sites for hydroxylation is 1. The summed E-state index contributed by atoms with van der Waals surface area (Å²) in [7, 11) is -3.79. The number of rotatable bonds is 12. The lowest BCUT2D eigenvalue weighted by Crippen LogP contribution is -2.52. The van der Waals surface area contributed by atoms with Crippen molar-refractivity contribution in [1.82, 2.24) is 10.2 Å². The van der Waals surface area contributed by atoms with Gasteiger partial charge in [-0.05, 0) is 49.1 Å². The summed E-state index contributed by atoms with van der Waals surface area (Å²) in [6, 6.07) is 13.2. The molecule has 0 heterocycles. The minimum Gasteiger partial charge on any atom is -0.354 e. The second-order valence-corrected chi connectivity index (χ2v) is 10.6. The van der Waals surface area contributed by atoms with Crippen LogP contribution in [0.2, 0.25) is 5.02 Å². The zero-order valence-corrected chi connectivity index (χ0v) is 21.8. The van der Waals surface area contributed by atoms with Crippen LogP contribution in [-0.2, 0) is 26.2 Å². The molecule has 0 radical (unpaired) electrons. The van der Waals surface area contributed by atoms with Gasteiger partial charge in [0.2, 0.25) is 21.8 Å². The van der Waals surface area contributed by atoms with Gasteiger partial charge >= 0.3 is 0 Å². The summed E-state index contributed by atoms with van der Waals surface area (Å²) in [5.41, 5.74) is 2.17. The number of carbonyl (C=O) groups is 2. The van der Waals surface area contributed by atoms with Gasteiger partial charge in [-0.3, -0.25) is 13.9 Å². The van der Waals surface area contributed by atoms with Gasteiger partial charge in [0.15, 0.2) is 0 Å². The van der Waals surface area contributed by atoms with E-state index in [0.29, 0.717) is 23.7 Å². The van der Waals surface area contributed by atoms with E-state index in [9.17, 15) is 18.0 Å². The highest BCUT2D eigenvalue weighted by Crippen LogP contribution is 2.23. The summed E-state index contributed by atoms with van der Waals surface area (Å²) in [5, 5.41) is 3.27. The number of amides is 2. The molecule has 0 saturated carbocycles. The highest BCUT2D eigenvalue weighted by molar-refractivity contribution is 7.92. The van der Waals surface area contributed by atoms with Crippen molar-refractivity contribution >= 4 is 39.1 Å². The third-order valence-electron chi connectivity index (χ3n) is 5.59. The number of sulfonamides is 1. The van der Waals surface area contributed by atoms with Crippen molar-refractivity contribution in [3.05, 3.63) is 64.7 Å². The average Bonchev–Trinajstić information content (AvgIpc) is 2.77. The lowest BCUT2D eigenvalue weighted by molar-refractivity contribution is -0.140. The zero-order valence-electron chi connectivity index (χ0n) is 20.3. The monoisotopic (exact) mass is 507 g/mol. The highest BCUT2D eigenvalue weighted by atomic mass is 35.5.